The number of fused-ring (bicyclic) bond motifs is 1. The van der Waals surface area contributed by atoms with Crippen molar-refractivity contribution in [2.24, 2.45) is 7.05 Å². The molecule has 3 aromatic rings. The van der Waals surface area contributed by atoms with Gasteiger partial charge in [-0.05, 0) is 49.1 Å². The van der Waals surface area contributed by atoms with Crippen molar-refractivity contribution in [2.75, 3.05) is 6.54 Å². The quantitative estimate of drug-likeness (QED) is 0.729. The third kappa shape index (κ3) is 3.82. The van der Waals surface area contributed by atoms with E-state index in [2.05, 4.69) is 46.4 Å². The lowest BCUT2D eigenvalue weighted by Crippen LogP contribution is -2.25. The van der Waals surface area contributed by atoms with Gasteiger partial charge in [0.25, 0.3) is 0 Å². The largest absolute Gasteiger partial charge is 0.356 e. The van der Waals surface area contributed by atoms with Crippen LogP contribution in [-0.4, -0.2) is 32.2 Å². The van der Waals surface area contributed by atoms with Gasteiger partial charge in [-0.3, -0.25) is 9.48 Å². The van der Waals surface area contributed by atoms with Gasteiger partial charge >= 0.3 is 0 Å². The number of nitrogens with zero attached hydrogens (tertiary/aromatic N) is 3. The van der Waals surface area contributed by atoms with Crippen LogP contribution in [0.3, 0.4) is 0 Å². The maximum atomic E-state index is 12.0. The Bertz CT molecular complexity index is 823. The van der Waals surface area contributed by atoms with E-state index in [9.17, 15) is 4.79 Å². The summed E-state index contributed by atoms with van der Waals surface area (Å²) in [6, 6.07) is 4.19. The molecular weight excluding hydrogens is 302 g/mol. The molecule has 0 saturated carbocycles. The SMILES string of the molecule is Cc1cc2nc(CCC(=O)NCCc3cnn(C)c3)[nH]c2cc1C. The summed E-state index contributed by atoms with van der Waals surface area (Å²) in [5.41, 5.74) is 5.59. The minimum atomic E-state index is 0.0479. The average Bonchev–Trinajstić information content (AvgIpc) is 3.12. The first-order chi connectivity index (χ1) is 11.5. The number of aryl methyl sites for hydroxylation is 4. The van der Waals surface area contributed by atoms with Crippen LogP contribution in [0.15, 0.2) is 24.5 Å². The van der Waals surface area contributed by atoms with Crippen molar-refractivity contribution in [3.8, 4) is 0 Å². The molecule has 2 N–H and O–H groups in total. The zero-order valence-corrected chi connectivity index (χ0v) is 14.4. The number of aromatic nitrogens is 4. The first-order valence-corrected chi connectivity index (χ1v) is 8.21. The van der Waals surface area contributed by atoms with E-state index in [1.54, 1.807) is 4.68 Å². The van der Waals surface area contributed by atoms with Crippen LogP contribution in [0.25, 0.3) is 11.0 Å². The van der Waals surface area contributed by atoms with Crippen LogP contribution >= 0.6 is 0 Å². The number of imidazole rings is 1. The van der Waals surface area contributed by atoms with Gasteiger partial charge in [0.2, 0.25) is 5.91 Å². The molecule has 126 valence electrons. The third-order valence-corrected chi connectivity index (χ3v) is 4.23. The first kappa shape index (κ1) is 16.2. The highest BCUT2D eigenvalue weighted by Gasteiger charge is 2.08. The van der Waals surface area contributed by atoms with Crippen LogP contribution in [0.1, 0.15) is 28.9 Å². The Labute approximate surface area is 141 Å². The number of hydrogen-bond donors (Lipinski definition) is 2. The molecule has 0 saturated heterocycles. The van der Waals surface area contributed by atoms with Gasteiger partial charge in [-0.2, -0.15) is 5.10 Å². The number of H-pyrrole nitrogens is 1. The molecule has 0 bridgehead atoms. The molecule has 6 heteroatoms. The van der Waals surface area contributed by atoms with Crippen molar-refractivity contribution >= 4 is 16.9 Å². The first-order valence-electron chi connectivity index (χ1n) is 8.21. The number of rotatable bonds is 6. The van der Waals surface area contributed by atoms with Gasteiger partial charge in [-0.25, -0.2) is 4.98 Å². The summed E-state index contributed by atoms with van der Waals surface area (Å²) in [6.07, 6.45) is 5.63. The van der Waals surface area contributed by atoms with Gasteiger partial charge in [0, 0.05) is 32.6 Å². The number of benzene rings is 1. The van der Waals surface area contributed by atoms with Gasteiger partial charge in [0.05, 0.1) is 17.2 Å². The molecule has 0 fully saturated rings. The Kier molecular flexibility index (Phi) is 4.64. The highest BCUT2D eigenvalue weighted by molar-refractivity contribution is 5.78. The fourth-order valence-corrected chi connectivity index (χ4v) is 2.71. The van der Waals surface area contributed by atoms with Crippen molar-refractivity contribution in [1.29, 1.82) is 0 Å². The van der Waals surface area contributed by atoms with E-state index in [1.807, 2.05) is 19.4 Å². The second kappa shape index (κ2) is 6.86. The van der Waals surface area contributed by atoms with E-state index >= 15 is 0 Å². The van der Waals surface area contributed by atoms with Crippen LogP contribution in [0.5, 0.6) is 0 Å². The Morgan fingerprint density at radius 1 is 1.25 bits per heavy atom. The van der Waals surface area contributed by atoms with Gasteiger partial charge < -0.3 is 10.3 Å². The van der Waals surface area contributed by atoms with E-state index in [0.717, 1.165) is 28.8 Å². The normalized spacial score (nSPS) is 11.1. The number of amides is 1. The molecule has 24 heavy (non-hydrogen) atoms. The van der Waals surface area contributed by atoms with E-state index in [4.69, 9.17) is 0 Å². The molecular formula is C18H23N5O. The molecule has 2 heterocycles. The predicted molar refractivity (Wildman–Crippen MR) is 93.8 cm³/mol. The molecule has 0 atom stereocenters. The van der Waals surface area contributed by atoms with Gasteiger partial charge in [-0.15, -0.1) is 0 Å². The van der Waals surface area contributed by atoms with Gasteiger partial charge in [0.15, 0.2) is 0 Å². The Hall–Kier alpha value is -2.63. The molecule has 0 unspecified atom stereocenters. The van der Waals surface area contributed by atoms with Crippen LogP contribution in [0.4, 0.5) is 0 Å². The van der Waals surface area contributed by atoms with Crippen LogP contribution in [0.2, 0.25) is 0 Å². The van der Waals surface area contributed by atoms with Crippen molar-refractivity contribution in [3.63, 3.8) is 0 Å². The molecule has 1 amide bonds. The van der Waals surface area contributed by atoms with Crippen LogP contribution in [0, 0.1) is 13.8 Å². The summed E-state index contributed by atoms with van der Waals surface area (Å²) in [5.74, 6) is 0.907. The van der Waals surface area contributed by atoms with Crippen molar-refractivity contribution < 1.29 is 4.79 Å². The van der Waals surface area contributed by atoms with E-state index in [0.29, 0.717) is 19.4 Å². The Morgan fingerprint density at radius 3 is 2.79 bits per heavy atom. The zero-order chi connectivity index (χ0) is 17.1. The molecule has 0 radical (unpaired) electrons. The lowest BCUT2D eigenvalue weighted by Gasteiger charge is -2.03. The topological polar surface area (TPSA) is 75.6 Å². The lowest BCUT2D eigenvalue weighted by molar-refractivity contribution is -0.121. The molecule has 6 nitrogen and oxygen atoms in total. The average molecular weight is 325 g/mol. The Balaban J connectivity index is 1.49. The summed E-state index contributed by atoms with van der Waals surface area (Å²) in [4.78, 5) is 19.8. The monoisotopic (exact) mass is 325 g/mol. The summed E-state index contributed by atoms with van der Waals surface area (Å²) >= 11 is 0. The van der Waals surface area contributed by atoms with Crippen molar-refractivity contribution in [2.45, 2.75) is 33.1 Å². The van der Waals surface area contributed by atoms with E-state index in [1.165, 1.54) is 11.1 Å². The summed E-state index contributed by atoms with van der Waals surface area (Å²) < 4.78 is 1.77. The predicted octanol–water partition coefficient (Wildman–Crippen LogP) is 2.20. The number of hydrogen-bond acceptors (Lipinski definition) is 3. The molecule has 3 rings (SSSR count). The second-order valence-electron chi connectivity index (χ2n) is 6.26. The third-order valence-electron chi connectivity index (χ3n) is 4.23. The van der Waals surface area contributed by atoms with Crippen molar-refractivity contribution in [3.05, 3.63) is 47.0 Å². The maximum Gasteiger partial charge on any atom is 0.220 e. The maximum absolute atomic E-state index is 12.0. The number of nitrogens with one attached hydrogen (secondary N) is 2. The highest BCUT2D eigenvalue weighted by Crippen LogP contribution is 2.17. The van der Waals surface area contributed by atoms with Crippen molar-refractivity contribution in [1.82, 2.24) is 25.1 Å². The molecule has 1 aromatic carbocycles. The smallest absolute Gasteiger partial charge is 0.220 e. The lowest BCUT2D eigenvalue weighted by atomic mass is 10.1. The standard InChI is InChI=1S/C18H23N5O/c1-12-8-15-16(9-13(12)2)22-17(21-15)4-5-18(24)19-7-6-14-10-20-23(3)11-14/h8-11H,4-7H2,1-3H3,(H,19,24)(H,21,22). The molecule has 0 aliphatic carbocycles. The fourth-order valence-electron chi connectivity index (χ4n) is 2.71. The number of carbonyl (C=O) groups excluding carboxylic acids is 1. The zero-order valence-electron chi connectivity index (χ0n) is 14.4. The van der Waals surface area contributed by atoms with Crippen LogP contribution in [-0.2, 0) is 24.7 Å². The van der Waals surface area contributed by atoms with Gasteiger partial charge in [0.1, 0.15) is 5.82 Å². The minimum Gasteiger partial charge on any atom is -0.356 e. The molecule has 0 aliphatic heterocycles. The van der Waals surface area contributed by atoms with E-state index < -0.39 is 0 Å². The van der Waals surface area contributed by atoms with Crippen LogP contribution < -0.4 is 5.32 Å². The molecule has 2 aromatic heterocycles. The Morgan fingerprint density at radius 2 is 2.04 bits per heavy atom. The molecule has 0 aliphatic rings. The minimum absolute atomic E-state index is 0.0479. The number of aromatic amines is 1. The summed E-state index contributed by atoms with van der Waals surface area (Å²) in [7, 11) is 1.89. The fraction of sp³-hybridized carbons (Fsp3) is 0.389. The number of carbonyl (C=O) groups is 1. The second-order valence-corrected chi connectivity index (χ2v) is 6.26. The summed E-state index contributed by atoms with van der Waals surface area (Å²) in [5, 5.41) is 7.06. The highest BCUT2D eigenvalue weighted by atomic mass is 16.1. The van der Waals surface area contributed by atoms with E-state index in [-0.39, 0.29) is 5.91 Å². The molecule has 0 spiro atoms. The van der Waals surface area contributed by atoms with Gasteiger partial charge in [-0.1, -0.05) is 0 Å². The summed E-state index contributed by atoms with van der Waals surface area (Å²) in [6.45, 7) is 4.80.